The second kappa shape index (κ2) is 15.6. The summed E-state index contributed by atoms with van der Waals surface area (Å²) in [6.07, 6.45) is 3.11. The summed E-state index contributed by atoms with van der Waals surface area (Å²) in [7, 11) is -1.48. The maximum absolute atomic E-state index is 15.0. The summed E-state index contributed by atoms with van der Waals surface area (Å²) in [5.74, 6) is -3.43. The SMILES string of the molecule is CC(C)(C)[C@H](C1=CC(c2cc(F)ccc2F)=CC1Cc1ccccc1)N(CC[C@H](NC(=O)OCC[Si](C)(C)C)C(=O)O)C(=O)CO. The fourth-order valence-corrected chi connectivity index (χ4v) is 6.37. The van der Waals surface area contributed by atoms with Crippen molar-refractivity contribution in [3.63, 3.8) is 0 Å². The molecule has 0 radical (unpaired) electrons. The number of aliphatic hydroxyl groups excluding tert-OH is 1. The molecule has 0 aromatic heterocycles. The Morgan fingerprint density at radius 2 is 1.74 bits per heavy atom. The number of hydrogen-bond donors (Lipinski definition) is 3. The Morgan fingerprint density at radius 3 is 2.33 bits per heavy atom. The van der Waals surface area contributed by atoms with Crippen LogP contribution in [-0.2, 0) is 20.7 Å². The minimum absolute atomic E-state index is 0.0866. The van der Waals surface area contributed by atoms with Gasteiger partial charge in [0.05, 0.1) is 12.6 Å². The summed E-state index contributed by atoms with van der Waals surface area (Å²) in [4.78, 5) is 39.4. The number of nitrogens with one attached hydrogen (secondary N) is 1. The Hall–Kier alpha value is -3.83. The van der Waals surface area contributed by atoms with Crippen LogP contribution < -0.4 is 5.32 Å². The molecule has 2 aromatic rings. The maximum Gasteiger partial charge on any atom is 0.407 e. The Labute approximate surface area is 271 Å². The first kappa shape index (κ1) is 36.6. The van der Waals surface area contributed by atoms with Crippen LogP contribution in [0.3, 0.4) is 0 Å². The molecule has 250 valence electrons. The smallest absolute Gasteiger partial charge is 0.407 e. The first-order valence-corrected chi connectivity index (χ1v) is 19.2. The number of rotatable bonds is 14. The van der Waals surface area contributed by atoms with Gasteiger partial charge in [0.1, 0.15) is 24.3 Å². The molecular formula is C35H46F2N2O6Si. The Morgan fingerprint density at radius 1 is 1.07 bits per heavy atom. The molecular weight excluding hydrogens is 610 g/mol. The van der Waals surface area contributed by atoms with Crippen molar-refractivity contribution in [3.05, 3.63) is 89.0 Å². The molecule has 2 aromatic carbocycles. The molecule has 0 spiro atoms. The number of ether oxygens (including phenoxy) is 1. The number of halogens is 2. The molecule has 0 bridgehead atoms. The van der Waals surface area contributed by atoms with E-state index in [-0.39, 0.29) is 31.1 Å². The summed E-state index contributed by atoms with van der Waals surface area (Å²) < 4.78 is 34.4. The Balaban J connectivity index is 1.97. The monoisotopic (exact) mass is 656 g/mol. The molecule has 11 heteroatoms. The van der Waals surface area contributed by atoms with E-state index in [1.807, 2.05) is 57.2 Å². The van der Waals surface area contributed by atoms with Gasteiger partial charge in [-0.2, -0.15) is 0 Å². The van der Waals surface area contributed by atoms with Gasteiger partial charge in [0.25, 0.3) is 0 Å². The molecule has 0 fully saturated rings. The van der Waals surface area contributed by atoms with Crippen LogP contribution in [0.5, 0.6) is 0 Å². The summed E-state index contributed by atoms with van der Waals surface area (Å²) in [6, 6.07) is 11.6. The summed E-state index contributed by atoms with van der Waals surface area (Å²) in [5.41, 5.74) is 1.64. The number of aliphatic carboxylic acids is 1. The third-order valence-electron chi connectivity index (χ3n) is 7.91. The number of hydrogen-bond acceptors (Lipinski definition) is 5. The number of nitrogens with zero attached hydrogens (tertiary/aromatic N) is 1. The van der Waals surface area contributed by atoms with Gasteiger partial charge in [-0.1, -0.05) is 82.9 Å². The predicted octanol–water partition coefficient (Wildman–Crippen LogP) is 6.29. The van der Waals surface area contributed by atoms with Gasteiger partial charge in [0, 0.05) is 26.1 Å². The lowest BCUT2D eigenvalue weighted by molar-refractivity contribution is -0.142. The van der Waals surface area contributed by atoms with Crippen LogP contribution in [0, 0.1) is 23.0 Å². The first-order valence-electron chi connectivity index (χ1n) is 15.5. The number of carboxylic acids is 1. The van der Waals surface area contributed by atoms with Crippen molar-refractivity contribution in [1.82, 2.24) is 10.2 Å². The Kier molecular flexibility index (Phi) is 12.5. The van der Waals surface area contributed by atoms with Crippen molar-refractivity contribution in [2.24, 2.45) is 11.3 Å². The molecule has 2 amide bonds. The van der Waals surface area contributed by atoms with Crippen LogP contribution in [0.15, 0.2) is 66.3 Å². The van der Waals surface area contributed by atoms with E-state index in [2.05, 4.69) is 25.0 Å². The molecule has 1 aliphatic carbocycles. The molecule has 3 rings (SSSR count). The molecule has 0 aliphatic heterocycles. The van der Waals surface area contributed by atoms with Crippen LogP contribution in [0.2, 0.25) is 25.7 Å². The number of carbonyl (C=O) groups is 3. The highest BCUT2D eigenvalue weighted by Crippen LogP contribution is 2.42. The van der Waals surface area contributed by atoms with Gasteiger partial charge < -0.3 is 25.2 Å². The van der Waals surface area contributed by atoms with E-state index in [1.165, 1.54) is 4.90 Å². The number of alkyl carbamates (subject to hydrolysis) is 1. The first-order chi connectivity index (χ1) is 21.5. The number of allylic oxidation sites excluding steroid dienone is 3. The molecule has 0 saturated heterocycles. The lowest BCUT2D eigenvalue weighted by Gasteiger charge is -2.43. The number of carboxylic acid groups (broad SMARTS) is 1. The molecule has 0 heterocycles. The normalized spacial score (nSPS) is 16.2. The largest absolute Gasteiger partial charge is 0.480 e. The topological polar surface area (TPSA) is 116 Å². The quantitative estimate of drug-likeness (QED) is 0.206. The van der Waals surface area contributed by atoms with Gasteiger partial charge >= 0.3 is 12.1 Å². The Bertz CT molecular complexity index is 1450. The van der Waals surface area contributed by atoms with E-state index in [9.17, 15) is 33.4 Å². The van der Waals surface area contributed by atoms with E-state index in [0.717, 1.165) is 35.4 Å². The number of carbonyl (C=O) groups excluding carboxylic acids is 2. The third-order valence-corrected chi connectivity index (χ3v) is 9.61. The van der Waals surface area contributed by atoms with Crippen LogP contribution in [0.4, 0.5) is 13.6 Å². The highest BCUT2D eigenvalue weighted by atomic mass is 28.3. The van der Waals surface area contributed by atoms with Crippen molar-refractivity contribution in [2.75, 3.05) is 19.8 Å². The molecule has 3 N–H and O–H groups in total. The van der Waals surface area contributed by atoms with E-state index in [4.69, 9.17) is 4.74 Å². The van der Waals surface area contributed by atoms with E-state index < -0.39 is 61.8 Å². The second-order valence-electron chi connectivity index (χ2n) is 14.0. The minimum Gasteiger partial charge on any atom is -0.480 e. The van der Waals surface area contributed by atoms with Crippen molar-refractivity contribution < 1.29 is 38.1 Å². The van der Waals surface area contributed by atoms with Crippen molar-refractivity contribution >= 4 is 31.6 Å². The van der Waals surface area contributed by atoms with Crippen LogP contribution >= 0.6 is 0 Å². The molecule has 0 saturated carbocycles. The van der Waals surface area contributed by atoms with Gasteiger partial charge in [-0.25, -0.2) is 18.4 Å². The molecule has 46 heavy (non-hydrogen) atoms. The number of aliphatic hydroxyl groups is 1. The lowest BCUT2D eigenvalue weighted by Crippen LogP contribution is -2.52. The highest BCUT2D eigenvalue weighted by molar-refractivity contribution is 6.76. The van der Waals surface area contributed by atoms with Crippen molar-refractivity contribution in [1.29, 1.82) is 0 Å². The van der Waals surface area contributed by atoms with Gasteiger partial charge in [-0.15, -0.1) is 0 Å². The van der Waals surface area contributed by atoms with Crippen LogP contribution in [0.1, 0.15) is 38.3 Å². The minimum atomic E-state index is -1.48. The number of amides is 2. The fourth-order valence-electron chi connectivity index (χ4n) is 5.66. The zero-order chi connectivity index (χ0) is 34.2. The van der Waals surface area contributed by atoms with E-state index in [0.29, 0.717) is 12.0 Å². The summed E-state index contributed by atoms with van der Waals surface area (Å²) in [5, 5.41) is 22.3. The molecule has 3 atom stereocenters. The predicted molar refractivity (Wildman–Crippen MR) is 177 cm³/mol. The van der Waals surface area contributed by atoms with E-state index >= 15 is 0 Å². The fraction of sp³-hybridized carbons (Fsp3) is 0.457. The van der Waals surface area contributed by atoms with Crippen LogP contribution in [0.25, 0.3) is 5.57 Å². The lowest BCUT2D eigenvalue weighted by atomic mass is 9.76. The van der Waals surface area contributed by atoms with E-state index in [1.54, 1.807) is 6.08 Å². The maximum atomic E-state index is 15.0. The third kappa shape index (κ3) is 10.3. The standard InChI is InChI=1S/C35H46F2N2O6Si/c1-35(2,3)32(39(31(41)22-40)15-14-30(33(42)43)38-34(44)45-16-17-46(4,5)6)28-20-25(27-21-26(36)12-13-29(27)37)19-24(28)18-23-10-8-7-9-11-23/h7-13,19-21,24,30,32,40H,14-18,22H2,1-6H3,(H,38,44)(H,42,43)/t24?,30-,32-/m0/s1. The molecule has 8 nitrogen and oxygen atoms in total. The van der Waals surface area contributed by atoms with Gasteiger partial charge in [0.15, 0.2) is 0 Å². The second-order valence-corrected chi connectivity index (χ2v) is 19.6. The molecule has 1 unspecified atom stereocenters. The average Bonchev–Trinajstić information content (AvgIpc) is 3.36. The molecule has 1 aliphatic rings. The highest BCUT2D eigenvalue weighted by Gasteiger charge is 2.40. The van der Waals surface area contributed by atoms with Gasteiger partial charge in [-0.05, 0) is 59.2 Å². The van der Waals surface area contributed by atoms with Crippen molar-refractivity contribution in [3.8, 4) is 0 Å². The van der Waals surface area contributed by atoms with Gasteiger partial charge in [0.2, 0.25) is 5.91 Å². The average molecular weight is 657 g/mol. The summed E-state index contributed by atoms with van der Waals surface area (Å²) in [6.45, 7) is 11.4. The van der Waals surface area contributed by atoms with Crippen molar-refractivity contribution in [2.45, 2.75) is 71.4 Å². The van der Waals surface area contributed by atoms with Crippen LogP contribution in [-0.4, -0.2) is 73.0 Å². The zero-order valence-electron chi connectivity index (χ0n) is 27.5. The summed E-state index contributed by atoms with van der Waals surface area (Å²) >= 11 is 0. The van der Waals surface area contributed by atoms with Gasteiger partial charge in [-0.3, -0.25) is 4.79 Å². The number of benzene rings is 2. The zero-order valence-corrected chi connectivity index (χ0v) is 28.5.